The van der Waals surface area contributed by atoms with Crippen LogP contribution in [0.5, 0.6) is 0 Å². The molecule has 20 heavy (non-hydrogen) atoms. The van der Waals surface area contributed by atoms with Crippen molar-refractivity contribution in [3.63, 3.8) is 0 Å². The average Bonchev–Trinajstić information content (AvgIpc) is 3.27. The van der Waals surface area contributed by atoms with Gasteiger partial charge >= 0.3 is 0 Å². The Morgan fingerprint density at radius 1 is 1.30 bits per heavy atom. The van der Waals surface area contributed by atoms with Gasteiger partial charge in [0.25, 0.3) is 0 Å². The van der Waals surface area contributed by atoms with Crippen LogP contribution < -0.4 is 11.1 Å². The monoisotopic (exact) mass is 274 g/mol. The lowest BCUT2D eigenvalue weighted by Crippen LogP contribution is -2.42. The summed E-state index contributed by atoms with van der Waals surface area (Å²) in [6.45, 7) is 4.82. The van der Waals surface area contributed by atoms with Crippen LogP contribution in [-0.4, -0.2) is 18.5 Å². The van der Waals surface area contributed by atoms with E-state index in [1.165, 1.54) is 18.4 Å². The molecule has 0 aliphatic heterocycles. The Morgan fingerprint density at radius 2 is 1.95 bits per heavy atom. The standard InChI is InChI=1S/C17H26N2O/c1-12(2)15(10-13-6-4-3-5-7-13)17(20)19-11-16(18)14-8-9-14/h3-7,12,14-16H,8-11,18H2,1-2H3,(H,19,20). The normalized spacial score (nSPS) is 17.8. The Kier molecular flexibility index (Phi) is 5.18. The zero-order valence-electron chi connectivity index (χ0n) is 12.5. The van der Waals surface area contributed by atoms with Gasteiger partial charge in [-0.15, -0.1) is 0 Å². The number of nitrogens with one attached hydrogen (secondary N) is 1. The zero-order valence-corrected chi connectivity index (χ0v) is 12.5. The van der Waals surface area contributed by atoms with Gasteiger partial charge in [0.2, 0.25) is 5.91 Å². The van der Waals surface area contributed by atoms with Crippen LogP contribution in [-0.2, 0) is 11.2 Å². The molecule has 2 unspecified atom stereocenters. The number of benzene rings is 1. The minimum Gasteiger partial charge on any atom is -0.354 e. The van der Waals surface area contributed by atoms with E-state index in [1.807, 2.05) is 18.2 Å². The second-order valence-corrected chi connectivity index (χ2v) is 6.29. The average molecular weight is 274 g/mol. The van der Waals surface area contributed by atoms with Gasteiger partial charge in [0.05, 0.1) is 0 Å². The first-order valence-electron chi connectivity index (χ1n) is 7.65. The van der Waals surface area contributed by atoms with Crippen LogP contribution >= 0.6 is 0 Å². The summed E-state index contributed by atoms with van der Waals surface area (Å²) >= 11 is 0. The molecule has 0 aromatic heterocycles. The first kappa shape index (κ1) is 15.0. The van der Waals surface area contributed by atoms with Crippen molar-refractivity contribution in [3.05, 3.63) is 35.9 Å². The molecule has 1 fully saturated rings. The van der Waals surface area contributed by atoms with Gasteiger partial charge < -0.3 is 11.1 Å². The fourth-order valence-corrected chi connectivity index (χ4v) is 2.54. The smallest absolute Gasteiger partial charge is 0.223 e. The maximum absolute atomic E-state index is 12.4. The Labute approximate surface area is 121 Å². The quantitative estimate of drug-likeness (QED) is 0.802. The van der Waals surface area contributed by atoms with Crippen LogP contribution in [0, 0.1) is 17.8 Å². The highest BCUT2D eigenvalue weighted by Crippen LogP contribution is 2.31. The third-order valence-corrected chi connectivity index (χ3v) is 4.18. The summed E-state index contributed by atoms with van der Waals surface area (Å²) in [4.78, 5) is 12.4. The van der Waals surface area contributed by atoms with E-state index in [-0.39, 0.29) is 17.9 Å². The van der Waals surface area contributed by atoms with Gasteiger partial charge in [0.15, 0.2) is 0 Å². The molecule has 2 atom stereocenters. The van der Waals surface area contributed by atoms with Gasteiger partial charge in [-0.1, -0.05) is 44.2 Å². The summed E-state index contributed by atoms with van der Waals surface area (Å²) in [5, 5.41) is 3.04. The largest absolute Gasteiger partial charge is 0.354 e. The van der Waals surface area contributed by atoms with Crippen molar-refractivity contribution < 1.29 is 4.79 Å². The maximum Gasteiger partial charge on any atom is 0.223 e. The molecule has 0 radical (unpaired) electrons. The number of nitrogens with two attached hydrogens (primary N) is 1. The van der Waals surface area contributed by atoms with Crippen molar-refractivity contribution >= 4 is 5.91 Å². The third kappa shape index (κ3) is 4.34. The molecular weight excluding hydrogens is 248 g/mol. The zero-order chi connectivity index (χ0) is 14.5. The van der Waals surface area contributed by atoms with Crippen molar-refractivity contribution in [2.24, 2.45) is 23.5 Å². The van der Waals surface area contributed by atoms with E-state index in [0.717, 1.165) is 6.42 Å². The fourth-order valence-electron chi connectivity index (χ4n) is 2.54. The molecule has 3 N–H and O–H groups in total. The number of amides is 1. The molecule has 0 saturated heterocycles. The molecule has 3 nitrogen and oxygen atoms in total. The van der Waals surface area contributed by atoms with Crippen LogP contribution in [0.1, 0.15) is 32.3 Å². The van der Waals surface area contributed by atoms with Crippen molar-refractivity contribution in [3.8, 4) is 0 Å². The molecule has 2 rings (SSSR count). The first-order valence-corrected chi connectivity index (χ1v) is 7.65. The summed E-state index contributed by atoms with van der Waals surface area (Å²) in [7, 11) is 0. The highest BCUT2D eigenvalue weighted by Gasteiger charge is 2.29. The van der Waals surface area contributed by atoms with E-state index in [9.17, 15) is 4.79 Å². The first-order chi connectivity index (χ1) is 9.58. The minimum atomic E-state index is 0.0174. The number of hydrogen-bond acceptors (Lipinski definition) is 2. The lowest BCUT2D eigenvalue weighted by Gasteiger charge is -2.21. The van der Waals surface area contributed by atoms with Crippen LogP contribution in [0.15, 0.2) is 30.3 Å². The highest BCUT2D eigenvalue weighted by atomic mass is 16.1. The lowest BCUT2D eigenvalue weighted by molar-refractivity contribution is -0.126. The summed E-state index contributed by atoms with van der Waals surface area (Å²) in [5.74, 6) is 1.11. The fraction of sp³-hybridized carbons (Fsp3) is 0.588. The van der Waals surface area contributed by atoms with Crippen LogP contribution in [0.2, 0.25) is 0 Å². The molecule has 3 heteroatoms. The van der Waals surface area contributed by atoms with Gasteiger partial charge in [0, 0.05) is 18.5 Å². The van der Waals surface area contributed by atoms with Crippen molar-refractivity contribution in [2.75, 3.05) is 6.54 Å². The summed E-state index contributed by atoms with van der Waals surface area (Å²) in [6.07, 6.45) is 3.23. The maximum atomic E-state index is 12.4. The molecule has 1 aliphatic rings. The number of rotatable bonds is 7. The van der Waals surface area contributed by atoms with Crippen LogP contribution in [0.4, 0.5) is 0 Å². The number of carbonyl (C=O) groups is 1. The van der Waals surface area contributed by atoms with Crippen molar-refractivity contribution in [1.82, 2.24) is 5.32 Å². The topological polar surface area (TPSA) is 55.1 Å². The molecule has 1 aromatic rings. The second kappa shape index (κ2) is 6.89. The molecule has 0 spiro atoms. The van der Waals surface area contributed by atoms with E-state index in [0.29, 0.717) is 18.4 Å². The Balaban J connectivity index is 1.88. The predicted octanol–water partition coefficient (Wildman–Crippen LogP) is 2.35. The number of hydrogen-bond donors (Lipinski definition) is 2. The van der Waals surface area contributed by atoms with Gasteiger partial charge in [-0.05, 0) is 36.7 Å². The van der Waals surface area contributed by atoms with E-state index >= 15 is 0 Å². The SMILES string of the molecule is CC(C)C(Cc1ccccc1)C(=O)NCC(N)C1CC1. The molecule has 1 saturated carbocycles. The summed E-state index contributed by atoms with van der Waals surface area (Å²) in [6, 6.07) is 10.3. The minimum absolute atomic E-state index is 0.0174. The van der Waals surface area contributed by atoms with Crippen LogP contribution in [0.25, 0.3) is 0 Å². The molecule has 1 amide bonds. The van der Waals surface area contributed by atoms with Gasteiger partial charge in [-0.2, -0.15) is 0 Å². The molecule has 110 valence electrons. The highest BCUT2D eigenvalue weighted by molar-refractivity contribution is 5.79. The molecule has 1 aromatic carbocycles. The molecule has 0 heterocycles. The van der Waals surface area contributed by atoms with Gasteiger partial charge in [-0.25, -0.2) is 0 Å². The summed E-state index contributed by atoms with van der Waals surface area (Å²) < 4.78 is 0. The van der Waals surface area contributed by atoms with Crippen LogP contribution in [0.3, 0.4) is 0 Å². The molecule has 0 bridgehead atoms. The Bertz CT molecular complexity index is 426. The predicted molar refractivity (Wildman–Crippen MR) is 82.2 cm³/mol. The molecular formula is C17H26N2O. The van der Waals surface area contributed by atoms with E-state index in [1.54, 1.807) is 0 Å². The van der Waals surface area contributed by atoms with Crippen molar-refractivity contribution in [2.45, 2.75) is 39.2 Å². The summed E-state index contributed by atoms with van der Waals surface area (Å²) in [5.41, 5.74) is 7.26. The van der Waals surface area contributed by atoms with E-state index < -0.39 is 0 Å². The van der Waals surface area contributed by atoms with E-state index in [2.05, 4.69) is 31.3 Å². The Morgan fingerprint density at radius 3 is 2.50 bits per heavy atom. The Hall–Kier alpha value is -1.35. The third-order valence-electron chi connectivity index (χ3n) is 4.18. The number of carbonyl (C=O) groups excluding carboxylic acids is 1. The van der Waals surface area contributed by atoms with Gasteiger partial charge in [0.1, 0.15) is 0 Å². The molecule has 1 aliphatic carbocycles. The van der Waals surface area contributed by atoms with E-state index in [4.69, 9.17) is 5.73 Å². The van der Waals surface area contributed by atoms with Crippen molar-refractivity contribution in [1.29, 1.82) is 0 Å². The van der Waals surface area contributed by atoms with Gasteiger partial charge in [-0.3, -0.25) is 4.79 Å². The second-order valence-electron chi connectivity index (χ2n) is 6.29. The lowest BCUT2D eigenvalue weighted by atomic mass is 9.88.